The Hall–Kier alpha value is -2.12. The zero-order valence-electron chi connectivity index (χ0n) is 14.2. The first-order valence-corrected chi connectivity index (χ1v) is 8.81. The van der Waals surface area contributed by atoms with E-state index in [2.05, 4.69) is 9.97 Å². The Labute approximate surface area is 153 Å². The van der Waals surface area contributed by atoms with Crippen LogP contribution >= 0.6 is 11.8 Å². The first-order chi connectivity index (χ1) is 12.2. The number of halogens is 3. The van der Waals surface area contributed by atoms with Crippen molar-refractivity contribution < 1.29 is 18.3 Å². The van der Waals surface area contributed by atoms with E-state index in [1.54, 1.807) is 6.07 Å². The fourth-order valence-electron chi connectivity index (χ4n) is 2.69. The number of aromatic nitrogens is 2. The Morgan fingerprint density at radius 1 is 1.00 bits per heavy atom. The van der Waals surface area contributed by atoms with Crippen LogP contribution in [0.15, 0.2) is 59.8 Å². The molecule has 0 aliphatic heterocycles. The summed E-state index contributed by atoms with van der Waals surface area (Å²) in [5.74, 6) is 0. The third kappa shape index (κ3) is 3.99. The van der Waals surface area contributed by atoms with Gasteiger partial charge in [0.2, 0.25) is 0 Å². The number of para-hydroxylation sites is 1. The van der Waals surface area contributed by atoms with Gasteiger partial charge < -0.3 is 5.11 Å². The standard InChI is InChI=1S/C19H17F3N2OS/c1-18(2,25)17(13-7-5-11-23-16(13)19(20,21)22)26-15-10-9-12-6-3-4-8-14(12)24-15/h3-11,17,25H,1-2H3. The van der Waals surface area contributed by atoms with Crippen molar-refractivity contribution in [3.05, 3.63) is 66.0 Å². The van der Waals surface area contributed by atoms with Gasteiger partial charge in [-0.05, 0) is 37.6 Å². The largest absolute Gasteiger partial charge is 0.433 e. The molecular formula is C19H17F3N2OS. The Kier molecular flexibility index (Phi) is 4.94. The molecule has 0 bridgehead atoms. The van der Waals surface area contributed by atoms with Crippen LogP contribution in [0, 0.1) is 0 Å². The average molecular weight is 378 g/mol. The maximum Gasteiger partial charge on any atom is 0.433 e. The number of pyridine rings is 2. The summed E-state index contributed by atoms with van der Waals surface area (Å²) in [7, 11) is 0. The van der Waals surface area contributed by atoms with Crippen molar-refractivity contribution in [2.75, 3.05) is 0 Å². The van der Waals surface area contributed by atoms with E-state index in [0.717, 1.165) is 28.9 Å². The SMILES string of the molecule is CC(C)(O)C(Sc1ccc2ccccc2n1)c1cccnc1C(F)(F)F. The van der Waals surface area contributed by atoms with Crippen LogP contribution in [-0.4, -0.2) is 20.7 Å². The zero-order chi connectivity index (χ0) is 18.9. The molecule has 26 heavy (non-hydrogen) atoms. The maximum atomic E-state index is 13.4. The van der Waals surface area contributed by atoms with Crippen molar-refractivity contribution in [2.45, 2.75) is 35.9 Å². The minimum Gasteiger partial charge on any atom is -0.389 e. The molecule has 2 aromatic heterocycles. The van der Waals surface area contributed by atoms with Gasteiger partial charge in [0.15, 0.2) is 0 Å². The molecule has 7 heteroatoms. The molecule has 0 fully saturated rings. The molecule has 3 aromatic rings. The molecule has 0 saturated carbocycles. The Balaban J connectivity index is 2.05. The molecule has 2 heterocycles. The maximum absolute atomic E-state index is 13.4. The fourth-order valence-corrected chi connectivity index (χ4v) is 3.83. The third-order valence-corrected chi connectivity index (χ3v) is 5.38. The van der Waals surface area contributed by atoms with Gasteiger partial charge >= 0.3 is 6.18 Å². The number of fused-ring (bicyclic) bond motifs is 1. The number of hydrogen-bond donors (Lipinski definition) is 1. The molecule has 0 aliphatic carbocycles. The highest BCUT2D eigenvalue weighted by Crippen LogP contribution is 2.46. The van der Waals surface area contributed by atoms with Gasteiger partial charge in [0, 0.05) is 11.6 Å². The van der Waals surface area contributed by atoms with Crippen LogP contribution in [0.3, 0.4) is 0 Å². The molecule has 3 nitrogen and oxygen atoms in total. The van der Waals surface area contributed by atoms with E-state index in [1.807, 2.05) is 30.3 Å². The number of hydrogen-bond acceptors (Lipinski definition) is 4. The van der Waals surface area contributed by atoms with Gasteiger partial charge in [-0.1, -0.05) is 42.1 Å². The van der Waals surface area contributed by atoms with E-state index in [9.17, 15) is 18.3 Å². The van der Waals surface area contributed by atoms with E-state index in [0.29, 0.717) is 5.03 Å². The minimum atomic E-state index is -4.60. The fraction of sp³-hybridized carbons (Fsp3) is 0.263. The van der Waals surface area contributed by atoms with Crippen molar-refractivity contribution in [3.8, 4) is 0 Å². The predicted octanol–water partition coefficient (Wildman–Crippen LogP) is 5.25. The number of nitrogens with zero attached hydrogens (tertiary/aromatic N) is 2. The number of aliphatic hydroxyl groups is 1. The molecular weight excluding hydrogens is 361 g/mol. The lowest BCUT2D eigenvalue weighted by Crippen LogP contribution is -2.29. The van der Waals surface area contributed by atoms with E-state index in [1.165, 1.54) is 26.0 Å². The summed E-state index contributed by atoms with van der Waals surface area (Å²) < 4.78 is 40.1. The topological polar surface area (TPSA) is 46.0 Å². The summed E-state index contributed by atoms with van der Waals surface area (Å²) in [6.07, 6.45) is -3.50. The van der Waals surface area contributed by atoms with Crippen LogP contribution in [0.2, 0.25) is 0 Å². The summed E-state index contributed by atoms with van der Waals surface area (Å²) in [5.41, 5.74) is -1.72. The highest BCUT2D eigenvalue weighted by Gasteiger charge is 2.41. The van der Waals surface area contributed by atoms with Crippen LogP contribution in [0.4, 0.5) is 13.2 Å². The minimum absolute atomic E-state index is 0.0625. The van der Waals surface area contributed by atoms with Crippen molar-refractivity contribution in [2.24, 2.45) is 0 Å². The van der Waals surface area contributed by atoms with Gasteiger partial charge in [0.25, 0.3) is 0 Å². The molecule has 0 amide bonds. The second-order valence-electron chi connectivity index (χ2n) is 6.43. The van der Waals surface area contributed by atoms with E-state index in [-0.39, 0.29) is 5.56 Å². The monoisotopic (exact) mass is 378 g/mol. The summed E-state index contributed by atoms with van der Waals surface area (Å²) >= 11 is 1.09. The zero-order valence-corrected chi connectivity index (χ0v) is 15.0. The average Bonchev–Trinajstić information content (AvgIpc) is 2.58. The molecule has 1 atom stereocenters. The molecule has 0 saturated heterocycles. The van der Waals surface area contributed by atoms with E-state index < -0.39 is 22.7 Å². The Morgan fingerprint density at radius 3 is 2.42 bits per heavy atom. The Morgan fingerprint density at radius 2 is 1.73 bits per heavy atom. The molecule has 1 N–H and O–H groups in total. The van der Waals surface area contributed by atoms with Gasteiger partial charge in [-0.3, -0.25) is 4.98 Å². The molecule has 136 valence electrons. The molecule has 1 aromatic carbocycles. The summed E-state index contributed by atoms with van der Waals surface area (Å²) in [6, 6.07) is 13.9. The van der Waals surface area contributed by atoms with Crippen LogP contribution < -0.4 is 0 Å². The second-order valence-corrected chi connectivity index (χ2v) is 7.56. The molecule has 3 rings (SSSR count). The van der Waals surface area contributed by atoms with Crippen molar-refractivity contribution >= 4 is 22.7 Å². The smallest absolute Gasteiger partial charge is 0.389 e. The van der Waals surface area contributed by atoms with Gasteiger partial charge in [-0.25, -0.2) is 4.98 Å². The highest BCUT2D eigenvalue weighted by atomic mass is 32.2. The van der Waals surface area contributed by atoms with Gasteiger partial charge in [0.1, 0.15) is 5.69 Å². The third-order valence-electron chi connectivity index (χ3n) is 3.84. The van der Waals surface area contributed by atoms with Crippen LogP contribution in [-0.2, 0) is 6.18 Å². The first kappa shape index (κ1) is 18.7. The lowest BCUT2D eigenvalue weighted by atomic mass is 9.96. The van der Waals surface area contributed by atoms with Crippen LogP contribution in [0.5, 0.6) is 0 Å². The van der Waals surface area contributed by atoms with Crippen molar-refractivity contribution in [3.63, 3.8) is 0 Å². The van der Waals surface area contributed by atoms with Crippen LogP contribution in [0.25, 0.3) is 10.9 Å². The molecule has 1 unspecified atom stereocenters. The van der Waals surface area contributed by atoms with Crippen molar-refractivity contribution in [1.29, 1.82) is 0 Å². The van der Waals surface area contributed by atoms with Gasteiger partial charge in [-0.15, -0.1) is 0 Å². The van der Waals surface area contributed by atoms with Gasteiger partial charge in [-0.2, -0.15) is 13.2 Å². The normalized spacial score (nSPS) is 13.8. The van der Waals surface area contributed by atoms with Crippen molar-refractivity contribution in [1.82, 2.24) is 9.97 Å². The second kappa shape index (κ2) is 6.89. The van der Waals surface area contributed by atoms with Crippen LogP contribution in [0.1, 0.15) is 30.4 Å². The number of alkyl halides is 3. The number of benzene rings is 1. The number of rotatable bonds is 4. The van der Waals surface area contributed by atoms with Gasteiger partial charge in [0.05, 0.1) is 21.4 Å². The lowest BCUT2D eigenvalue weighted by molar-refractivity contribution is -0.142. The number of thioether (sulfide) groups is 1. The highest BCUT2D eigenvalue weighted by molar-refractivity contribution is 7.99. The summed E-state index contributed by atoms with van der Waals surface area (Å²) in [4.78, 5) is 8.00. The molecule has 0 spiro atoms. The summed E-state index contributed by atoms with van der Waals surface area (Å²) in [6.45, 7) is 2.97. The van der Waals surface area contributed by atoms with E-state index in [4.69, 9.17) is 0 Å². The lowest BCUT2D eigenvalue weighted by Gasteiger charge is -2.30. The predicted molar refractivity (Wildman–Crippen MR) is 95.9 cm³/mol. The van der Waals surface area contributed by atoms with E-state index >= 15 is 0 Å². The molecule has 0 aliphatic rings. The Bertz CT molecular complexity index is 922. The summed E-state index contributed by atoms with van der Waals surface area (Å²) in [5, 5.41) is 11.1. The quantitative estimate of drug-likeness (QED) is 0.630. The first-order valence-electron chi connectivity index (χ1n) is 7.93. The molecule has 0 radical (unpaired) electrons.